The van der Waals surface area contributed by atoms with Crippen molar-refractivity contribution in [3.05, 3.63) is 30.1 Å². The molecule has 0 saturated carbocycles. The molecule has 1 fully saturated rings. The van der Waals surface area contributed by atoms with Crippen molar-refractivity contribution in [2.24, 2.45) is 10.9 Å². The highest BCUT2D eigenvalue weighted by Gasteiger charge is 2.18. The monoisotopic (exact) mass is 323 g/mol. The van der Waals surface area contributed by atoms with Gasteiger partial charge in [0.15, 0.2) is 5.96 Å². The van der Waals surface area contributed by atoms with Gasteiger partial charge in [0.1, 0.15) is 18.2 Å². The van der Waals surface area contributed by atoms with Gasteiger partial charge >= 0.3 is 0 Å². The van der Waals surface area contributed by atoms with Crippen molar-refractivity contribution in [1.29, 1.82) is 0 Å². The molecule has 2 rings (SSSR count). The number of halogens is 1. The Kier molecular flexibility index (Phi) is 7.13. The number of aliphatic imine (C=N–C) groups is 1. The fourth-order valence-electron chi connectivity index (χ4n) is 2.54. The highest BCUT2D eigenvalue weighted by Crippen LogP contribution is 2.13. The number of nitrogens with zero attached hydrogens (tertiary/aromatic N) is 2. The number of rotatable bonds is 7. The summed E-state index contributed by atoms with van der Waals surface area (Å²) in [6.45, 7) is 6.40. The summed E-state index contributed by atoms with van der Waals surface area (Å²) in [5.41, 5.74) is 0. The highest BCUT2D eigenvalue weighted by atomic mass is 19.1. The van der Waals surface area contributed by atoms with Crippen LogP contribution in [0.4, 0.5) is 4.39 Å². The first-order valence-electron chi connectivity index (χ1n) is 8.14. The number of benzene rings is 1. The Morgan fingerprint density at radius 2 is 2.39 bits per heavy atom. The SMILES string of the molecule is CCNC(=NCCOc1cccc(F)c1)N(C)CC1CCOC1. The summed E-state index contributed by atoms with van der Waals surface area (Å²) in [5, 5.41) is 3.28. The average Bonchev–Trinajstić information content (AvgIpc) is 3.03. The zero-order valence-corrected chi connectivity index (χ0v) is 13.9. The third-order valence-electron chi connectivity index (χ3n) is 3.67. The maximum Gasteiger partial charge on any atom is 0.193 e. The minimum absolute atomic E-state index is 0.294. The van der Waals surface area contributed by atoms with Gasteiger partial charge in [-0.25, -0.2) is 9.38 Å². The second-order valence-electron chi connectivity index (χ2n) is 5.65. The zero-order valence-electron chi connectivity index (χ0n) is 13.9. The first kappa shape index (κ1) is 17.5. The van der Waals surface area contributed by atoms with Crippen LogP contribution in [0, 0.1) is 11.7 Å². The van der Waals surface area contributed by atoms with E-state index in [-0.39, 0.29) is 5.82 Å². The lowest BCUT2D eigenvalue weighted by molar-refractivity contribution is 0.181. The van der Waals surface area contributed by atoms with Gasteiger partial charge in [0.2, 0.25) is 0 Å². The molecule has 6 heteroatoms. The van der Waals surface area contributed by atoms with Crippen LogP contribution < -0.4 is 10.1 Å². The fourth-order valence-corrected chi connectivity index (χ4v) is 2.54. The van der Waals surface area contributed by atoms with E-state index in [9.17, 15) is 4.39 Å². The lowest BCUT2D eigenvalue weighted by Crippen LogP contribution is -2.41. The molecule has 0 amide bonds. The third-order valence-corrected chi connectivity index (χ3v) is 3.67. The van der Waals surface area contributed by atoms with Crippen molar-refractivity contribution in [2.45, 2.75) is 13.3 Å². The van der Waals surface area contributed by atoms with Crippen molar-refractivity contribution in [3.8, 4) is 5.75 Å². The summed E-state index contributed by atoms with van der Waals surface area (Å²) in [5.74, 6) is 1.66. The first-order valence-corrected chi connectivity index (χ1v) is 8.14. The Morgan fingerprint density at radius 3 is 3.09 bits per heavy atom. The van der Waals surface area contributed by atoms with Crippen molar-refractivity contribution in [3.63, 3.8) is 0 Å². The molecule has 0 radical (unpaired) electrons. The lowest BCUT2D eigenvalue weighted by atomic mass is 10.1. The van der Waals surface area contributed by atoms with Gasteiger partial charge in [0, 0.05) is 38.7 Å². The molecular weight excluding hydrogens is 297 g/mol. The van der Waals surface area contributed by atoms with Crippen molar-refractivity contribution < 1.29 is 13.9 Å². The second kappa shape index (κ2) is 9.35. The van der Waals surface area contributed by atoms with Crippen LogP contribution in [0.25, 0.3) is 0 Å². The van der Waals surface area contributed by atoms with Gasteiger partial charge in [-0.1, -0.05) is 6.07 Å². The maximum absolute atomic E-state index is 13.1. The summed E-state index contributed by atoms with van der Waals surface area (Å²) in [4.78, 5) is 6.69. The van der Waals surface area contributed by atoms with Crippen molar-refractivity contribution >= 4 is 5.96 Å². The molecule has 23 heavy (non-hydrogen) atoms. The predicted octanol–water partition coefficient (Wildman–Crippen LogP) is 2.14. The number of ether oxygens (including phenoxy) is 2. The predicted molar refractivity (Wildman–Crippen MR) is 89.4 cm³/mol. The molecule has 1 aliphatic heterocycles. The van der Waals surface area contributed by atoms with Gasteiger partial charge in [-0.3, -0.25) is 0 Å². The molecule has 1 atom stereocenters. The van der Waals surface area contributed by atoms with E-state index >= 15 is 0 Å². The first-order chi connectivity index (χ1) is 11.2. The van der Waals surface area contributed by atoms with Crippen LogP contribution in [0.1, 0.15) is 13.3 Å². The van der Waals surface area contributed by atoms with Crippen LogP contribution in [0.3, 0.4) is 0 Å². The van der Waals surface area contributed by atoms with Crippen molar-refractivity contribution in [1.82, 2.24) is 10.2 Å². The molecule has 1 unspecified atom stereocenters. The molecule has 1 saturated heterocycles. The van der Waals surface area contributed by atoms with E-state index < -0.39 is 0 Å². The summed E-state index contributed by atoms with van der Waals surface area (Å²) in [6, 6.07) is 6.15. The average molecular weight is 323 g/mol. The summed E-state index contributed by atoms with van der Waals surface area (Å²) in [7, 11) is 2.03. The van der Waals surface area contributed by atoms with E-state index in [1.165, 1.54) is 12.1 Å². The largest absolute Gasteiger partial charge is 0.492 e. The van der Waals surface area contributed by atoms with Crippen LogP contribution in [-0.2, 0) is 4.74 Å². The third kappa shape index (κ3) is 6.06. The van der Waals surface area contributed by atoms with Gasteiger partial charge in [-0.2, -0.15) is 0 Å². The van der Waals surface area contributed by atoms with E-state index in [2.05, 4.69) is 15.2 Å². The van der Waals surface area contributed by atoms with Crippen LogP contribution in [0.5, 0.6) is 5.75 Å². The Hall–Kier alpha value is -1.82. The van der Waals surface area contributed by atoms with Gasteiger partial charge < -0.3 is 19.7 Å². The zero-order chi connectivity index (χ0) is 16.5. The van der Waals surface area contributed by atoms with Gasteiger partial charge in [-0.15, -0.1) is 0 Å². The van der Waals surface area contributed by atoms with Crippen LogP contribution in [0.2, 0.25) is 0 Å². The molecule has 0 spiro atoms. The molecule has 1 N–H and O–H groups in total. The van der Waals surface area contributed by atoms with E-state index in [4.69, 9.17) is 9.47 Å². The molecule has 0 aliphatic carbocycles. The van der Waals surface area contributed by atoms with Crippen LogP contribution in [0.15, 0.2) is 29.3 Å². The normalized spacial score (nSPS) is 18.0. The number of nitrogens with one attached hydrogen (secondary N) is 1. The lowest BCUT2D eigenvalue weighted by Gasteiger charge is -2.24. The van der Waals surface area contributed by atoms with Crippen molar-refractivity contribution in [2.75, 3.05) is 46.5 Å². The van der Waals surface area contributed by atoms with E-state index in [0.717, 1.165) is 38.7 Å². The Balaban J connectivity index is 1.80. The van der Waals surface area contributed by atoms with Crippen LogP contribution >= 0.6 is 0 Å². The van der Waals surface area contributed by atoms with Gasteiger partial charge in [0.05, 0.1) is 13.2 Å². The molecule has 1 aromatic rings. The van der Waals surface area contributed by atoms with E-state index in [1.54, 1.807) is 12.1 Å². The summed E-state index contributed by atoms with van der Waals surface area (Å²) < 4.78 is 24.0. The summed E-state index contributed by atoms with van der Waals surface area (Å²) >= 11 is 0. The minimum Gasteiger partial charge on any atom is -0.492 e. The minimum atomic E-state index is -0.294. The van der Waals surface area contributed by atoms with Gasteiger partial charge in [-0.05, 0) is 25.5 Å². The number of guanidine groups is 1. The van der Waals surface area contributed by atoms with E-state index in [0.29, 0.717) is 24.8 Å². The molecule has 128 valence electrons. The number of hydrogen-bond donors (Lipinski definition) is 1. The maximum atomic E-state index is 13.1. The topological polar surface area (TPSA) is 46.1 Å². The molecule has 1 aromatic carbocycles. The molecule has 5 nitrogen and oxygen atoms in total. The van der Waals surface area contributed by atoms with E-state index in [1.807, 2.05) is 14.0 Å². The molecule has 0 bridgehead atoms. The Morgan fingerprint density at radius 1 is 1.52 bits per heavy atom. The highest BCUT2D eigenvalue weighted by molar-refractivity contribution is 5.79. The molecule has 1 heterocycles. The smallest absolute Gasteiger partial charge is 0.193 e. The standard InChI is InChI=1S/C17H26FN3O2/c1-3-19-17(21(2)12-14-7-9-22-13-14)20-8-10-23-16-6-4-5-15(18)11-16/h4-6,11,14H,3,7-10,12-13H2,1-2H3,(H,19,20). The Labute approximate surface area is 137 Å². The quantitative estimate of drug-likeness (QED) is 0.474. The second-order valence-corrected chi connectivity index (χ2v) is 5.65. The fraction of sp³-hybridized carbons (Fsp3) is 0.588. The molecular formula is C17H26FN3O2. The molecule has 0 aromatic heterocycles. The summed E-state index contributed by atoms with van der Waals surface area (Å²) in [6.07, 6.45) is 1.10. The molecule has 1 aliphatic rings. The van der Waals surface area contributed by atoms with Crippen LogP contribution in [-0.4, -0.2) is 57.4 Å². The van der Waals surface area contributed by atoms with Gasteiger partial charge in [0.25, 0.3) is 0 Å². The number of hydrogen-bond acceptors (Lipinski definition) is 3. The Bertz CT molecular complexity index is 504.